The molecule has 0 aliphatic heterocycles. The molecule has 0 saturated heterocycles. The number of halogens is 3. The summed E-state index contributed by atoms with van der Waals surface area (Å²) in [6.07, 6.45) is 2.17. The molecule has 1 heterocycles. The van der Waals surface area contributed by atoms with E-state index >= 15 is 0 Å². The summed E-state index contributed by atoms with van der Waals surface area (Å²) in [5, 5.41) is 22.7. The van der Waals surface area contributed by atoms with Crippen molar-refractivity contribution in [3.05, 3.63) is 70.4 Å². The van der Waals surface area contributed by atoms with Crippen LogP contribution < -0.4 is 10.0 Å². The molecule has 1 unspecified atom stereocenters. The quantitative estimate of drug-likeness (QED) is 0.506. The molecule has 0 spiro atoms. The van der Waals surface area contributed by atoms with Crippen LogP contribution in [0.5, 0.6) is 0 Å². The molecule has 1 aromatic carbocycles. The van der Waals surface area contributed by atoms with Crippen LogP contribution in [0.2, 0.25) is 0 Å². The summed E-state index contributed by atoms with van der Waals surface area (Å²) in [6.45, 7) is -0.666. The van der Waals surface area contributed by atoms with E-state index < -0.39 is 36.0 Å². The monoisotopic (exact) mass is 312 g/mol. The molecule has 0 radical (unpaired) electrons. The first kappa shape index (κ1) is 15.8. The van der Waals surface area contributed by atoms with E-state index in [9.17, 15) is 28.3 Å². The van der Waals surface area contributed by atoms with E-state index in [0.29, 0.717) is 16.9 Å². The van der Waals surface area contributed by atoms with Gasteiger partial charge in [0.25, 0.3) is 5.91 Å². The van der Waals surface area contributed by atoms with Crippen LogP contribution in [0.4, 0.5) is 13.2 Å². The number of rotatable bonds is 4. The number of aromatic nitrogens is 1. The van der Waals surface area contributed by atoms with Gasteiger partial charge in [-0.1, -0.05) is 0 Å². The van der Waals surface area contributed by atoms with Crippen molar-refractivity contribution < 1.29 is 27.8 Å². The summed E-state index contributed by atoms with van der Waals surface area (Å²) >= 11 is 0. The summed E-state index contributed by atoms with van der Waals surface area (Å²) in [6, 6.07) is 2.89. The highest BCUT2D eigenvalue weighted by molar-refractivity contribution is 5.93. The molecule has 116 valence electrons. The Morgan fingerprint density at radius 3 is 2.50 bits per heavy atom. The summed E-state index contributed by atoms with van der Waals surface area (Å²) in [5.41, 5.74) is -0.141. The Kier molecular flexibility index (Phi) is 4.62. The largest absolute Gasteiger partial charge is 0.619 e. The topological polar surface area (TPSA) is 76.3 Å². The Balaban J connectivity index is 2.24. The summed E-state index contributed by atoms with van der Waals surface area (Å²) in [5.74, 6) is -5.23. The standard InChI is InChI=1S/C14H11F3N2O3/c15-10-4-9(5-11(16)13(10)17)12(7-20)18-14(21)8-2-1-3-19(22)6-8/h1-6,12,20H,7H2,(H,18,21). The first-order valence-corrected chi connectivity index (χ1v) is 6.17. The summed E-state index contributed by atoms with van der Waals surface area (Å²) < 4.78 is 39.7. The average Bonchev–Trinajstić information content (AvgIpc) is 2.49. The van der Waals surface area contributed by atoms with Crippen LogP contribution in [0.1, 0.15) is 22.0 Å². The second kappa shape index (κ2) is 6.44. The number of aliphatic hydroxyl groups excluding tert-OH is 1. The first-order chi connectivity index (χ1) is 10.4. The Bertz CT molecular complexity index is 686. The molecule has 2 N–H and O–H groups in total. The Hall–Kier alpha value is -2.61. The predicted octanol–water partition coefficient (Wildman–Crippen LogP) is 1.20. The lowest BCUT2D eigenvalue weighted by atomic mass is 10.1. The van der Waals surface area contributed by atoms with Crippen LogP contribution in [-0.2, 0) is 0 Å². The molecular weight excluding hydrogens is 301 g/mol. The molecule has 0 saturated carbocycles. The molecule has 2 aromatic rings. The van der Waals surface area contributed by atoms with E-state index in [1.54, 1.807) is 0 Å². The highest BCUT2D eigenvalue weighted by Gasteiger charge is 2.20. The van der Waals surface area contributed by atoms with Crippen LogP contribution in [0, 0.1) is 22.7 Å². The number of nitrogens with one attached hydrogen (secondary N) is 1. The van der Waals surface area contributed by atoms with Crippen LogP contribution in [0.25, 0.3) is 0 Å². The van der Waals surface area contributed by atoms with Gasteiger partial charge < -0.3 is 15.6 Å². The zero-order valence-electron chi connectivity index (χ0n) is 11.1. The van der Waals surface area contributed by atoms with Crippen molar-refractivity contribution in [3.63, 3.8) is 0 Å². The van der Waals surface area contributed by atoms with Crippen LogP contribution in [0.15, 0.2) is 36.7 Å². The molecule has 1 amide bonds. The number of carbonyl (C=O) groups excluding carboxylic acids is 1. The number of hydrogen-bond donors (Lipinski definition) is 2. The third-order valence-electron chi connectivity index (χ3n) is 2.93. The van der Waals surface area contributed by atoms with E-state index in [0.717, 1.165) is 6.20 Å². The molecule has 0 bridgehead atoms. The molecule has 2 rings (SSSR count). The van der Waals surface area contributed by atoms with E-state index in [4.69, 9.17) is 0 Å². The van der Waals surface area contributed by atoms with Gasteiger partial charge in [-0.05, 0) is 23.8 Å². The van der Waals surface area contributed by atoms with Crippen LogP contribution in [-0.4, -0.2) is 17.6 Å². The van der Waals surface area contributed by atoms with E-state index in [1.807, 2.05) is 0 Å². The van der Waals surface area contributed by atoms with Crippen LogP contribution >= 0.6 is 0 Å². The highest BCUT2D eigenvalue weighted by atomic mass is 19.2. The number of carbonyl (C=O) groups is 1. The first-order valence-electron chi connectivity index (χ1n) is 6.17. The van der Waals surface area contributed by atoms with Gasteiger partial charge >= 0.3 is 0 Å². The Morgan fingerprint density at radius 1 is 1.32 bits per heavy atom. The van der Waals surface area contributed by atoms with Crippen molar-refractivity contribution in [3.8, 4) is 0 Å². The number of amides is 1. The van der Waals surface area contributed by atoms with E-state index in [-0.39, 0.29) is 11.1 Å². The fourth-order valence-electron chi connectivity index (χ4n) is 1.84. The van der Waals surface area contributed by atoms with Crippen molar-refractivity contribution in [1.82, 2.24) is 5.32 Å². The normalized spacial score (nSPS) is 12.0. The van der Waals surface area contributed by atoms with Crippen molar-refractivity contribution in [2.75, 3.05) is 6.61 Å². The zero-order valence-corrected chi connectivity index (χ0v) is 11.1. The van der Waals surface area contributed by atoms with E-state index in [2.05, 4.69) is 5.32 Å². The molecule has 5 nitrogen and oxygen atoms in total. The molecule has 0 aliphatic carbocycles. The SMILES string of the molecule is O=C(NC(CO)c1cc(F)c(F)c(F)c1)c1ccc[n+]([O-])c1. The van der Waals surface area contributed by atoms with Gasteiger partial charge in [0.15, 0.2) is 29.8 Å². The van der Waals surface area contributed by atoms with Crippen molar-refractivity contribution in [2.45, 2.75) is 6.04 Å². The maximum Gasteiger partial charge on any atom is 0.257 e. The van der Waals surface area contributed by atoms with Gasteiger partial charge in [0.2, 0.25) is 0 Å². The third kappa shape index (κ3) is 3.34. The number of nitrogens with zero attached hydrogens (tertiary/aromatic N) is 1. The van der Waals surface area contributed by atoms with Crippen molar-refractivity contribution in [1.29, 1.82) is 0 Å². The number of aliphatic hydroxyl groups is 1. The molecule has 0 fully saturated rings. The summed E-state index contributed by atoms with van der Waals surface area (Å²) in [4.78, 5) is 11.9. The molecule has 8 heteroatoms. The molecular formula is C14H11F3N2O3. The van der Waals surface area contributed by atoms with Gasteiger partial charge in [0.1, 0.15) is 5.56 Å². The predicted molar refractivity (Wildman–Crippen MR) is 69.0 cm³/mol. The second-order valence-corrected chi connectivity index (χ2v) is 4.46. The summed E-state index contributed by atoms with van der Waals surface area (Å²) in [7, 11) is 0. The zero-order chi connectivity index (χ0) is 16.3. The average molecular weight is 312 g/mol. The van der Waals surface area contributed by atoms with E-state index in [1.165, 1.54) is 18.3 Å². The molecule has 22 heavy (non-hydrogen) atoms. The van der Waals surface area contributed by atoms with Gasteiger partial charge in [-0.15, -0.1) is 0 Å². The van der Waals surface area contributed by atoms with Gasteiger partial charge in [-0.3, -0.25) is 4.79 Å². The number of hydrogen-bond acceptors (Lipinski definition) is 3. The maximum atomic E-state index is 13.2. The fraction of sp³-hybridized carbons (Fsp3) is 0.143. The lowest BCUT2D eigenvalue weighted by Crippen LogP contribution is -2.33. The fourth-order valence-corrected chi connectivity index (χ4v) is 1.84. The highest BCUT2D eigenvalue weighted by Crippen LogP contribution is 2.19. The van der Waals surface area contributed by atoms with Gasteiger partial charge in [0.05, 0.1) is 12.6 Å². The van der Waals surface area contributed by atoms with Crippen LogP contribution in [0.3, 0.4) is 0 Å². The molecule has 1 aromatic heterocycles. The lowest BCUT2D eigenvalue weighted by molar-refractivity contribution is -0.605. The minimum atomic E-state index is -1.64. The van der Waals surface area contributed by atoms with Gasteiger partial charge in [-0.25, -0.2) is 13.2 Å². The Morgan fingerprint density at radius 2 is 1.95 bits per heavy atom. The van der Waals surface area contributed by atoms with Crippen molar-refractivity contribution >= 4 is 5.91 Å². The number of pyridine rings is 1. The number of benzene rings is 1. The smallest absolute Gasteiger partial charge is 0.257 e. The van der Waals surface area contributed by atoms with Gasteiger partial charge in [-0.2, -0.15) is 4.73 Å². The minimum Gasteiger partial charge on any atom is -0.619 e. The second-order valence-electron chi connectivity index (χ2n) is 4.46. The molecule has 0 aliphatic rings. The third-order valence-corrected chi connectivity index (χ3v) is 2.93. The lowest BCUT2D eigenvalue weighted by Gasteiger charge is -2.17. The maximum absolute atomic E-state index is 13.2. The minimum absolute atomic E-state index is 0.000921. The molecule has 1 atom stereocenters. The van der Waals surface area contributed by atoms with Gasteiger partial charge in [0, 0.05) is 6.07 Å². The van der Waals surface area contributed by atoms with Crippen molar-refractivity contribution in [2.24, 2.45) is 0 Å². The Labute approximate surface area is 123 Å².